The summed E-state index contributed by atoms with van der Waals surface area (Å²) in [5.41, 5.74) is -0.796. The molecule has 0 heterocycles. The van der Waals surface area contributed by atoms with Gasteiger partial charge in [-0.3, -0.25) is 4.79 Å². The normalized spacial score (nSPS) is 13.3. The van der Waals surface area contributed by atoms with E-state index in [0.29, 0.717) is 5.56 Å². The maximum absolute atomic E-state index is 13.1. The maximum atomic E-state index is 13.1. The molecule has 0 aromatic heterocycles. The number of hydrogen-bond donors (Lipinski definition) is 2. The number of aliphatic hydroxyl groups is 1. The Bertz CT molecular complexity index is 1040. The van der Waals surface area contributed by atoms with Crippen LogP contribution in [0.25, 0.3) is 0 Å². The molecule has 0 saturated heterocycles. The van der Waals surface area contributed by atoms with Gasteiger partial charge in [-0.1, -0.05) is 38.1 Å². The summed E-state index contributed by atoms with van der Waals surface area (Å²) in [6, 6.07) is 8.68. The predicted octanol–water partition coefficient (Wildman–Crippen LogP) is 3.51. The molecule has 1 amide bonds. The van der Waals surface area contributed by atoms with Crippen molar-refractivity contribution >= 4 is 15.9 Å². The Balaban J connectivity index is 2.24. The van der Waals surface area contributed by atoms with Crippen LogP contribution in [0.3, 0.4) is 0 Å². The number of nitrogens with one attached hydrogen (secondary N) is 1. The monoisotopic (exact) mass is 458 g/mol. The smallest absolute Gasteiger partial charge is 0.387 e. The van der Waals surface area contributed by atoms with E-state index in [2.05, 4.69) is 5.32 Å². The summed E-state index contributed by atoms with van der Waals surface area (Å²) >= 11 is 0. The van der Waals surface area contributed by atoms with Gasteiger partial charge in [0.2, 0.25) is 10.0 Å². The molecule has 6 nitrogen and oxygen atoms in total. The molecular weight excluding hydrogens is 433 g/mol. The zero-order valence-corrected chi connectivity index (χ0v) is 18.2. The number of rotatable bonds is 8. The van der Waals surface area contributed by atoms with Crippen LogP contribution in [0.15, 0.2) is 47.4 Å². The first kappa shape index (κ1) is 24.8. The van der Waals surface area contributed by atoms with E-state index in [0.717, 1.165) is 12.1 Å². The average Bonchev–Trinajstić information content (AvgIpc) is 2.72. The summed E-state index contributed by atoms with van der Waals surface area (Å²) < 4.78 is 66.1. The van der Waals surface area contributed by atoms with Crippen molar-refractivity contribution in [3.63, 3.8) is 0 Å². The lowest BCUT2D eigenvalue weighted by molar-refractivity contribution is -0.139. The van der Waals surface area contributed by atoms with Gasteiger partial charge in [-0.2, -0.15) is 17.5 Å². The van der Waals surface area contributed by atoms with Crippen molar-refractivity contribution in [1.29, 1.82) is 0 Å². The minimum atomic E-state index is -4.65. The third kappa shape index (κ3) is 5.63. The SMILES string of the molecule is CCN(CC)S(=O)(=O)c1ccc(C)c(C(=O)NCC(O)c2ccccc2C(F)(F)F)c1. The van der Waals surface area contributed by atoms with E-state index >= 15 is 0 Å². The first-order chi connectivity index (χ1) is 14.4. The van der Waals surface area contributed by atoms with Crippen LogP contribution in [0.4, 0.5) is 13.2 Å². The summed E-state index contributed by atoms with van der Waals surface area (Å²) in [5.74, 6) is -0.697. The van der Waals surface area contributed by atoms with Gasteiger partial charge < -0.3 is 10.4 Å². The minimum absolute atomic E-state index is 0.0598. The second kappa shape index (κ2) is 9.80. The van der Waals surface area contributed by atoms with Gasteiger partial charge in [0.25, 0.3) is 5.91 Å². The Kier molecular flexibility index (Phi) is 7.85. The Morgan fingerprint density at radius 3 is 2.32 bits per heavy atom. The van der Waals surface area contributed by atoms with E-state index in [1.165, 1.54) is 34.6 Å². The lowest BCUT2D eigenvalue weighted by Gasteiger charge is -2.20. The van der Waals surface area contributed by atoms with E-state index in [4.69, 9.17) is 0 Å². The molecule has 0 aliphatic carbocycles. The topological polar surface area (TPSA) is 86.7 Å². The summed E-state index contributed by atoms with van der Waals surface area (Å²) in [4.78, 5) is 12.6. The molecule has 0 bridgehead atoms. The summed E-state index contributed by atoms with van der Waals surface area (Å²) in [5, 5.41) is 12.6. The Morgan fingerprint density at radius 1 is 1.13 bits per heavy atom. The lowest BCUT2D eigenvalue weighted by Crippen LogP contribution is -2.32. The second-order valence-corrected chi connectivity index (χ2v) is 8.81. The molecule has 31 heavy (non-hydrogen) atoms. The van der Waals surface area contributed by atoms with Gasteiger partial charge in [-0.05, 0) is 36.2 Å². The Hall–Kier alpha value is -2.43. The lowest BCUT2D eigenvalue weighted by atomic mass is 10.0. The number of hydrogen-bond acceptors (Lipinski definition) is 4. The van der Waals surface area contributed by atoms with E-state index in [9.17, 15) is 31.5 Å². The molecule has 2 N–H and O–H groups in total. The van der Waals surface area contributed by atoms with E-state index < -0.39 is 40.3 Å². The number of halogens is 3. The molecule has 0 aliphatic rings. The highest BCUT2D eigenvalue weighted by atomic mass is 32.2. The molecule has 2 rings (SSSR count). The number of carbonyl (C=O) groups excluding carboxylic acids is 1. The molecular formula is C21H25F3N2O4S. The number of carbonyl (C=O) groups is 1. The Labute approximate surface area is 179 Å². The Morgan fingerprint density at radius 2 is 1.74 bits per heavy atom. The van der Waals surface area contributed by atoms with Crippen molar-refractivity contribution < 1.29 is 31.5 Å². The number of aliphatic hydroxyl groups excluding tert-OH is 1. The summed E-state index contributed by atoms with van der Waals surface area (Å²) in [7, 11) is -3.79. The third-order valence-electron chi connectivity index (χ3n) is 4.88. The van der Waals surface area contributed by atoms with Crippen LogP contribution < -0.4 is 5.32 Å². The van der Waals surface area contributed by atoms with Crippen molar-refractivity contribution in [2.24, 2.45) is 0 Å². The van der Waals surface area contributed by atoms with Crippen LogP contribution in [0.1, 0.15) is 47.0 Å². The number of alkyl halides is 3. The molecule has 0 radical (unpaired) electrons. The molecule has 2 aromatic rings. The van der Waals surface area contributed by atoms with E-state index in [1.807, 2.05) is 0 Å². The molecule has 1 atom stereocenters. The number of amides is 1. The highest BCUT2D eigenvalue weighted by Crippen LogP contribution is 2.34. The number of sulfonamides is 1. The van der Waals surface area contributed by atoms with Crippen molar-refractivity contribution in [1.82, 2.24) is 9.62 Å². The van der Waals surface area contributed by atoms with Gasteiger partial charge in [-0.25, -0.2) is 8.42 Å². The molecule has 2 aromatic carbocycles. The number of benzene rings is 2. The quantitative estimate of drug-likeness (QED) is 0.634. The van der Waals surface area contributed by atoms with Crippen LogP contribution >= 0.6 is 0 Å². The molecule has 0 saturated carbocycles. The fourth-order valence-electron chi connectivity index (χ4n) is 3.16. The van der Waals surface area contributed by atoms with Crippen molar-refractivity contribution in [3.8, 4) is 0 Å². The third-order valence-corrected chi connectivity index (χ3v) is 6.92. The molecule has 1 unspecified atom stereocenters. The van der Waals surface area contributed by atoms with E-state index in [-0.39, 0.29) is 29.1 Å². The van der Waals surface area contributed by atoms with Crippen molar-refractivity contribution in [2.75, 3.05) is 19.6 Å². The average molecular weight is 459 g/mol. The largest absolute Gasteiger partial charge is 0.416 e. The van der Waals surface area contributed by atoms with Crippen molar-refractivity contribution in [3.05, 3.63) is 64.7 Å². The van der Waals surface area contributed by atoms with Gasteiger partial charge in [0.05, 0.1) is 16.6 Å². The van der Waals surface area contributed by atoms with Gasteiger partial charge >= 0.3 is 6.18 Å². The molecule has 0 fully saturated rings. The highest BCUT2D eigenvalue weighted by molar-refractivity contribution is 7.89. The zero-order chi connectivity index (χ0) is 23.4. The van der Waals surface area contributed by atoms with Gasteiger partial charge in [0, 0.05) is 25.2 Å². The zero-order valence-electron chi connectivity index (χ0n) is 17.4. The molecule has 10 heteroatoms. The van der Waals surface area contributed by atoms with Crippen LogP contribution in [-0.2, 0) is 16.2 Å². The van der Waals surface area contributed by atoms with Crippen molar-refractivity contribution in [2.45, 2.75) is 37.9 Å². The van der Waals surface area contributed by atoms with Crippen LogP contribution in [-0.4, -0.2) is 43.4 Å². The fourth-order valence-corrected chi connectivity index (χ4v) is 4.64. The maximum Gasteiger partial charge on any atom is 0.416 e. The van der Waals surface area contributed by atoms with E-state index in [1.54, 1.807) is 20.8 Å². The minimum Gasteiger partial charge on any atom is -0.387 e. The van der Waals surface area contributed by atoms with Gasteiger partial charge in [0.15, 0.2) is 0 Å². The highest BCUT2D eigenvalue weighted by Gasteiger charge is 2.34. The summed E-state index contributed by atoms with van der Waals surface area (Å²) in [6.45, 7) is 5.06. The first-order valence-electron chi connectivity index (χ1n) is 9.66. The molecule has 0 spiro atoms. The van der Waals surface area contributed by atoms with Crippen LogP contribution in [0.5, 0.6) is 0 Å². The standard InChI is InChI=1S/C21H25F3N2O4S/c1-4-26(5-2)31(29,30)15-11-10-14(3)17(12-15)20(28)25-13-19(27)16-8-6-7-9-18(16)21(22,23)24/h6-12,19,27H,4-5,13H2,1-3H3,(H,25,28). The molecule has 170 valence electrons. The van der Waals surface area contributed by atoms with Gasteiger partial charge in [-0.15, -0.1) is 0 Å². The number of aryl methyl sites for hydroxylation is 1. The summed E-state index contributed by atoms with van der Waals surface area (Å²) in [6.07, 6.45) is -6.24. The van der Waals surface area contributed by atoms with Gasteiger partial charge in [0.1, 0.15) is 0 Å². The predicted molar refractivity (Wildman–Crippen MR) is 110 cm³/mol. The second-order valence-electron chi connectivity index (χ2n) is 6.88. The molecule has 0 aliphatic heterocycles. The number of nitrogens with zero attached hydrogens (tertiary/aromatic N) is 1. The van der Waals surface area contributed by atoms with Crippen LogP contribution in [0.2, 0.25) is 0 Å². The van der Waals surface area contributed by atoms with Crippen LogP contribution in [0, 0.1) is 6.92 Å². The first-order valence-corrected chi connectivity index (χ1v) is 11.1. The fraction of sp³-hybridized carbons (Fsp3) is 0.381.